The maximum Gasteiger partial charge on any atom is 0.416 e. The molecule has 1 aliphatic rings. The number of aromatic nitrogens is 2. The lowest BCUT2D eigenvalue weighted by molar-refractivity contribution is -0.137. The number of carbonyl (C=O) groups is 2. The van der Waals surface area contributed by atoms with Gasteiger partial charge >= 0.3 is 6.18 Å². The Balaban J connectivity index is 1.30. The summed E-state index contributed by atoms with van der Waals surface area (Å²) in [5, 5.41) is 5.12. The summed E-state index contributed by atoms with van der Waals surface area (Å²) in [5.41, 5.74) is 0.692. The van der Waals surface area contributed by atoms with Gasteiger partial charge in [-0.25, -0.2) is 4.98 Å². The normalized spacial score (nSPS) is 14.3. The maximum atomic E-state index is 12.9. The van der Waals surface area contributed by atoms with Crippen molar-refractivity contribution in [3.63, 3.8) is 0 Å². The Morgan fingerprint density at radius 1 is 1.02 bits per heavy atom. The van der Waals surface area contributed by atoms with E-state index in [9.17, 15) is 22.8 Å². The Morgan fingerprint density at radius 3 is 2.52 bits per heavy atom. The van der Waals surface area contributed by atoms with Crippen LogP contribution in [0.4, 0.5) is 30.4 Å². The molecule has 0 radical (unpaired) electrons. The van der Waals surface area contributed by atoms with E-state index >= 15 is 0 Å². The van der Waals surface area contributed by atoms with Crippen LogP contribution in [-0.4, -0.2) is 73.1 Å². The van der Waals surface area contributed by atoms with Gasteiger partial charge in [0.05, 0.1) is 29.6 Å². The number of nitrogens with one attached hydrogen (secondary N) is 2. The van der Waals surface area contributed by atoms with E-state index in [4.69, 9.17) is 4.74 Å². The number of hydrogen-bond acceptors (Lipinski definition) is 7. The number of ether oxygens (including phenoxy) is 1. The Bertz CT molecular complexity index is 1340. The van der Waals surface area contributed by atoms with E-state index in [1.54, 1.807) is 19.4 Å². The van der Waals surface area contributed by atoms with E-state index < -0.39 is 23.6 Å². The summed E-state index contributed by atoms with van der Waals surface area (Å²) in [4.78, 5) is 37.9. The largest absolute Gasteiger partial charge is 0.416 e. The molecule has 0 saturated carbocycles. The average molecular weight is 555 g/mol. The molecule has 1 aromatic carbocycles. The van der Waals surface area contributed by atoms with E-state index in [0.717, 1.165) is 50.5 Å². The van der Waals surface area contributed by atoms with Crippen LogP contribution >= 0.6 is 0 Å². The van der Waals surface area contributed by atoms with Gasteiger partial charge in [0.15, 0.2) is 0 Å². The molecule has 40 heavy (non-hydrogen) atoms. The highest BCUT2D eigenvalue weighted by Crippen LogP contribution is 2.30. The fourth-order valence-electron chi connectivity index (χ4n) is 4.09. The van der Waals surface area contributed by atoms with Crippen LogP contribution in [0.25, 0.3) is 6.08 Å². The summed E-state index contributed by atoms with van der Waals surface area (Å²) in [6.07, 6.45) is 2.69. The molecule has 0 bridgehead atoms. The quantitative estimate of drug-likeness (QED) is 0.383. The number of anilines is 3. The zero-order valence-electron chi connectivity index (χ0n) is 21.8. The summed E-state index contributed by atoms with van der Waals surface area (Å²) in [6, 6.07) is 9.46. The van der Waals surface area contributed by atoms with E-state index in [1.807, 2.05) is 6.07 Å². The van der Waals surface area contributed by atoms with Gasteiger partial charge < -0.3 is 20.3 Å². The van der Waals surface area contributed by atoms with Crippen LogP contribution in [0.2, 0.25) is 0 Å². The molecule has 2 aromatic heterocycles. The first kappa shape index (κ1) is 28.7. The second-order valence-electron chi connectivity index (χ2n) is 9.09. The number of benzene rings is 1. The number of carbonyl (C=O) groups excluding carboxylic acids is 2. The predicted molar refractivity (Wildman–Crippen MR) is 146 cm³/mol. The average Bonchev–Trinajstić information content (AvgIpc) is 2.95. The molecule has 0 unspecified atom stereocenters. The molecular formula is C28H29F3N6O3. The molecule has 0 spiro atoms. The minimum Gasteiger partial charge on any atom is -0.383 e. The van der Waals surface area contributed by atoms with Crippen LogP contribution < -0.4 is 15.5 Å². The summed E-state index contributed by atoms with van der Waals surface area (Å²) in [6.45, 7) is 5.26. The highest BCUT2D eigenvalue weighted by Gasteiger charge is 2.30. The lowest BCUT2D eigenvalue weighted by Crippen LogP contribution is -2.47. The summed E-state index contributed by atoms with van der Waals surface area (Å²) < 4.78 is 43.9. The zero-order valence-corrected chi connectivity index (χ0v) is 21.8. The number of pyridine rings is 2. The van der Waals surface area contributed by atoms with Gasteiger partial charge in [0, 0.05) is 64.0 Å². The number of methoxy groups -OCH3 is 1. The van der Waals surface area contributed by atoms with Crippen LogP contribution in [0.3, 0.4) is 0 Å². The van der Waals surface area contributed by atoms with Crippen molar-refractivity contribution in [3.8, 4) is 0 Å². The lowest BCUT2D eigenvalue weighted by atomic mass is 10.1. The molecule has 12 heteroatoms. The van der Waals surface area contributed by atoms with Crippen LogP contribution in [0.5, 0.6) is 0 Å². The molecule has 3 aromatic rings. The van der Waals surface area contributed by atoms with Crippen LogP contribution in [0.15, 0.2) is 67.1 Å². The van der Waals surface area contributed by atoms with Crippen molar-refractivity contribution in [1.29, 1.82) is 0 Å². The minimum absolute atomic E-state index is 0.00278. The third kappa shape index (κ3) is 8.10. The number of alkyl halides is 3. The first-order valence-corrected chi connectivity index (χ1v) is 12.6. The molecule has 1 aliphatic heterocycles. The predicted octanol–water partition coefficient (Wildman–Crippen LogP) is 4.17. The number of halogens is 3. The Morgan fingerprint density at radius 2 is 1.82 bits per heavy atom. The smallest absolute Gasteiger partial charge is 0.383 e. The standard InChI is InChI=1S/C28H29F3N6O3/c1-40-14-13-36-9-11-37(12-10-36)24-6-7-25(33-19-24)35-26(38)8-5-20-15-21(18-32-17-20)27(39)34-23-4-2-3-22(16-23)28(29,30)31/h2-8,15-19H,9-14H2,1H3,(H,34,39)(H,33,35,38)/b8-5+. The second-order valence-corrected chi connectivity index (χ2v) is 9.09. The van der Waals surface area contributed by atoms with Crippen LogP contribution in [0.1, 0.15) is 21.5 Å². The van der Waals surface area contributed by atoms with Gasteiger partial charge in [-0.05, 0) is 48.0 Å². The third-order valence-electron chi connectivity index (χ3n) is 6.24. The van der Waals surface area contributed by atoms with Gasteiger partial charge in [-0.15, -0.1) is 0 Å². The molecule has 0 atom stereocenters. The number of hydrogen-bond donors (Lipinski definition) is 2. The molecule has 210 valence electrons. The minimum atomic E-state index is -4.52. The molecule has 4 rings (SSSR count). The van der Waals surface area contributed by atoms with Crippen molar-refractivity contribution < 1.29 is 27.5 Å². The second kappa shape index (κ2) is 13.2. The maximum absolute atomic E-state index is 12.9. The number of rotatable bonds is 9. The lowest BCUT2D eigenvalue weighted by Gasteiger charge is -2.35. The summed E-state index contributed by atoms with van der Waals surface area (Å²) in [5.74, 6) is -0.664. The summed E-state index contributed by atoms with van der Waals surface area (Å²) in [7, 11) is 1.70. The van der Waals surface area contributed by atoms with Crippen molar-refractivity contribution in [2.75, 3.05) is 62.0 Å². The van der Waals surface area contributed by atoms with E-state index in [1.165, 1.54) is 42.7 Å². The number of amides is 2. The van der Waals surface area contributed by atoms with Gasteiger partial charge in [-0.2, -0.15) is 13.2 Å². The first-order valence-electron chi connectivity index (χ1n) is 12.6. The SMILES string of the molecule is COCCN1CCN(c2ccc(NC(=O)/C=C/c3cncc(C(=O)Nc4cccc(C(F)(F)F)c4)c3)nc2)CC1. The van der Waals surface area contributed by atoms with Crippen molar-refractivity contribution in [2.24, 2.45) is 0 Å². The molecule has 9 nitrogen and oxygen atoms in total. The van der Waals surface area contributed by atoms with Crippen molar-refractivity contribution in [2.45, 2.75) is 6.18 Å². The van der Waals surface area contributed by atoms with Crippen molar-refractivity contribution >= 4 is 35.1 Å². The van der Waals surface area contributed by atoms with E-state index in [2.05, 4.69) is 30.4 Å². The van der Waals surface area contributed by atoms with E-state index in [0.29, 0.717) is 18.0 Å². The number of piperazine rings is 1. The van der Waals surface area contributed by atoms with Crippen LogP contribution in [-0.2, 0) is 15.7 Å². The Labute approximate surface area is 229 Å². The van der Waals surface area contributed by atoms with Gasteiger partial charge in [-0.1, -0.05) is 6.07 Å². The molecule has 1 fully saturated rings. The highest BCUT2D eigenvalue weighted by atomic mass is 19.4. The molecule has 3 heterocycles. The Kier molecular flexibility index (Phi) is 9.46. The fraction of sp³-hybridized carbons (Fsp3) is 0.286. The molecular weight excluding hydrogens is 525 g/mol. The van der Waals surface area contributed by atoms with Gasteiger partial charge in [0.2, 0.25) is 5.91 Å². The molecule has 0 aliphatic carbocycles. The van der Waals surface area contributed by atoms with Crippen molar-refractivity contribution in [1.82, 2.24) is 14.9 Å². The zero-order chi connectivity index (χ0) is 28.5. The summed E-state index contributed by atoms with van der Waals surface area (Å²) >= 11 is 0. The molecule has 2 N–H and O–H groups in total. The molecule has 2 amide bonds. The van der Waals surface area contributed by atoms with Gasteiger partial charge in [0.1, 0.15) is 5.82 Å². The fourth-order valence-corrected chi connectivity index (χ4v) is 4.09. The van der Waals surface area contributed by atoms with Crippen LogP contribution in [0, 0.1) is 0 Å². The molecule has 1 saturated heterocycles. The van der Waals surface area contributed by atoms with E-state index in [-0.39, 0.29) is 11.3 Å². The monoisotopic (exact) mass is 554 g/mol. The van der Waals surface area contributed by atoms with Gasteiger partial charge in [-0.3, -0.25) is 19.5 Å². The topological polar surface area (TPSA) is 99.7 Å². The number of nitrogens with zero attached hydrogens (tertiary/aromatic N) is 4. The van der Waals surface area contributed by atoms with Gasteiger partial charge in [0.25, 0.3) is 5.91 Å². The van der Waals surface area contributed by atoms with Crippen molar-refractivity contribution in [3.05, 3.63) is 83.8 Å². The Hall–Kier alpha value is -4.29. The third-order valence-corrected chi connectivity index (χ3v) is 6.24. The highest BCUT2D eigenvalue weighted by molar-refractivity contribution is 6.05. The first-order chi connectivity index (χ1) is 19.2.